The standard InChI is InChI=1S/C24H32N2O4S/c1-17(2)20-11-12-22(30-4)23(14-20)31(28,29)26-13-5-6-21(16-26)24(27)25-15-19-9-7-18(3)8-10-19/h7-12,14,17,21H,5-6,13,15-16H2,1-4H3,(H,25,27)/t21-/m1/s1. The molecule has 1 amide bonds. The van der Waals surface area contributed by atoms with E-state index >= 15 is 0 Å². The molecule has 0 saturated carbocycles. The van der Waals surface area contributed by atoms with Crippen LogP contribution in [0.15, 0.2) is 47.4 Å². The van der Waals surface area contributed by atoms with E-state index in [0.29, 0.717) is 31.7 Å². The first-order chi connectivity index (χ1) is 14.7. The Bertz CT molecular complexity index is 1020. The molecule has 0 spiro atoms. The van der Waals surface area contributed by atoms with Gasteiger partial charge in [0.05, 0.1) is 13.0 Å². The van der Waals surface area contributed by atoms with Crippen LogP contribution in [0.4, 0.5) is 0 Å². The van der Waals surface area contributed by atoms with E-state index in [1.807, 2.05) is 51.1 Å². The second-order valence-corrected chi connectivity index (χ2v) is 10.4. The summed E-state index contributed by atoms with van der Waals surface area (Å²) < 4.78 is 33.6. The Morgan fingerprint density at radius 2 is 1.90 bits per heavy atom. The summed E-state index contributed by atoms with van der Waals surface area (Å²) in [5, 5.41) is 2.96. The van der Waals surface area contributed by atoms with E-state index in [1.165, 1.54) is 17.0 Å². The number of ether oxygens (including phenoxy) is 1. The Morgan fingerprint density at radius 3 is 2.55 bits per heavy atom. The Kier molecular flexibility index (Phi) is 7.38. The first kappa shape index (κ1) is 23.3. The third-order valence-electron chi connectivity index (χ3n) is 5.81. The Balaban J connectivity index is 1.74. The second-order valence-electron chi connectivity index (χ2n) is 8.47. The van der Waals surface area contributed by atoms with Gasteiger partial charge in [0.15, 0.2) is 0 Å². The number of amides is 1. The van der Waals surface area contributed by atoms with E-state index in [4.69, 9.17) is 4.74 Å². The number of carbonyl (C=O) groups is 1. The molecule has 1 N–H and O–H groups in total. The molecule has 7 heteroatoms. The van der Waals surface area contributed by atoms with Crippen molar-refractivity contribution in [2.45, 2.75) is 51.0 Å². The summed E-state index contributed by atoms with van der Waals surface area (Å²) in [5.74, 6) is 0.0495. The van der Waals surface area contributed by atoms with Gasteiger partial charge in [-0.3, -0.25) is 4.79 Å². The fourth-order valence-electron chi connectivity index (χ4n) is 3.81. The van der Waals surface area contributed by atoms with Gasteiger partial charge in [0.1, 0.15) is 10.6 Å². The highest BCUT2D eigenvalue weighted by Crippen LogP contribution is 2.32. The number of benzene rings is 2. The van der Waals surface area contributed by atoms with Crippen LogP contribution in [0, 0.1) is 12.8 Å². The fourth-order valence-corrected chi connectivity index (χ4v) is 5.52. The lowest BCUT2D eigenvalue weighted by Gasteiger charge is -2.31. The third-order valence-corrected chi connectivity index (χ3v) is 7.70. The van der Waals surface area contributed by atoms with Crippen molar-refractivity contribution in [2.75, 3.05) is 20.2 Å². The summed E-state index contributed by atoms with van der Waals surface area (Å²) in [6, 6.07) is 13.3. The van der Waals surface area contributed by atoms with Crippen molar-refractivity contribution in [3.05, 3.63) is 59.2 Å². The number of methoxy groups -OCH3 is 1. The maximum absolute atomic E-state index is 13.4. The van der Waals surface area contributed by atoms with Crippen molar-refractivity contribution in [1.82, 2.24) is 9.62 Å². The van der Waals surface area contributed by atoms with Crippen LogP contribution in [-0.4, -0.2) is 38.8 Å². The molecular weight excluding hydrogens is 412 g/mol. The maximum Gasteiger partial charge on any atom is 0.246 e. The zero-order chi connectivity index (χ0) is 22.6. The smallest absolute Gasteiger partial charge is 0.246 e. The Morgan fingerprint density at radius 1 is 1.19 bits per heavy atom. The van der Waals surface area contributed by atoms with Crippen LogP contribution in [0.5, 0.6) is 5.75 Å². The minimum Gasteiger partial charge on any atom is -0.495 e. The monoisotopic (exact) mass is 444 g/mol. The van der Waals surface area contributed by atoms with Gasteiger partial charge in [-0.25, -0.2) is 8.42 Å². The number of carbonyl (C=O) groups excluding carboxylic acids is 1. The zero-order valence-electron chi connectivity index (χ0n) is 18.7. The molecule has 1 saturated heterocycles. The molecule has 1 atom stereocenters. The molecule has 2 aromatic carbocycles. The average Bonchev–Trinajstić information content (AvgIpc) is 2.78. The van der Waals surface area contributed by atoms with Crippen molar-refractivity contribution in [3.63, 3.8) is 0 Å². The van der Waals surface area contributed by atoms with Gasteiger partial charge in [-0.15, -0.1) is 0 Å². The highest BCUT2D eigenvalue weighted by molar-refractivity contribution is 7.89. The molecule has 1 fully saturated rings. The van der Waals surface area contributed by atoms with Crippen LogP contribution in [0.2, 0.25) is 0 Å². The largest absolute Gasteiger partial charge is 0.495 e. The van der Waals surface area contributed by atoms with E-state index in [2.05, 4.69) is 5.32 Å². The van der Waals surface area contributed by atoms with Gasteiger partial charge in [-0.05, 0) is 48.9 Å². The minimum absolute atomic E-state index is 0.108. The van der Waals surface area contributed by atoms with E-state index in [-0.39, 0.29) is 29.2 Å². The van der Waals surface area contributed by atoms with Gasteiger partial charge in [0, 0.05) is 19.6 Å². The minimum atomic E-state index is -3.77. The van der Waals surface area contributed by atoms with Crippen LogP contribution in [0.25, 0.3) is 0 Å². The van der Waals surface area contributed by atoms with E-state index in [0.717, 1.165) is 11.1 Å². The van der Waals surface area contributed by atoms with Crippen LogP contribution in [-0.2, 0) is 21.4 Å². The molecule has 0 bridgehead atoms. The van der Waals surface area contributed by atoms with Gasteiger partial charge >= 0.3 is 0 Å². The molecule has 31 heavy (non-hydrogen) atoms. The predicted molar refractivity (Wildman–Crippen MR) is 122 cm³/mol. The predicted octanol–water partition coefficient (Wildman–Crippen LogP) is 3.84. The molecule has 6 nitrogen and oxygen atoms in total. The summed E-state index contributed by atoms with van der Waals surface area (Å²) in [6.07, 6.45) is 1.32. The van der Waals surface area contributed by atoms with E-state index in [9.17, 15) is 13.2 Å². The summed E-state index contributed by atoms with van der Waals surface area (Å²) in [7, 11) is -2.30. The first-order valence-corrected chi connectivity index (χ1v) is 12.2. The van der Waals surface area contributed by atoms with Crippen LogP contribution < -0.4 is 10.1 Å². The topological polar surface area (TPSA) is 75.7 Å². The molecule has 1 aliphatic rings. The van der Waals surface area contributed by atoms with E-state index < -0.39 is 10.0 Å². The van der Waals surface area contributed by atoms with Crippen molar-refractivity contribution >= 4 is 15.9 Å². The third kappa shape index (κ3) is 5.46. The number of piperidine rings is 1. The van der Waals surface area contributed by atoms with Crippen LogP contribution in [0.3, 0.4) is 0 Å². The maximum atomic E-state index is 13.4. The van der Waals surface area contributed by atoms with Gasteiger partial charge < -0.3 is 10.1 Å². The molecule has 1 heterocycles. The van der Waals surface area contributed by atoms with Crippen molar-refractivity contribution in [3.8, 4) is 5.75 Å². The normalized spacial score (nSPS) is 17.5. The number of sulfonamides is 1. The summed E-state index contributed by atoms with van der Waals surface area (Å²) in [6.45, 7) is 7.08. The number of aryl methyl sites for hydroxylation is 1. The SMILES string of the molecule is COc1ccc(C(C)C)cc1S(=O)(=O)N1CCC[C@@H](C(=O)NCc2ccc(C)cc2)C1. The Labute approximate surface area is 185 Å². The lowest BCUT2D eigenvalue weighted by Crippen LogP contribution is -2.45. The average molecular weight is 445 g/mol. The number of nitrogens with zero attached hydrogens (tertiary/aromatic N) is 1. The van der Waals surface area contributed by atoms with E-state index in [1.54, 1.807) is 12.1 Å². The van der Waals surface area contributed by atoms with Crippen LogP contribution >= 0.6 is 0 Å². The second kappa shape index (κ2) is 9.83. The lowest BCUT2D eigenvalue weighted by molar-refractivity contribution is -0.126. The molecule has 0 aliphatic carbocycles. The number of hydrogen-bond acceptors (Lipinski definition) is 4. The zero-order valence-corrected chi connectivity index (χ0v) is 19.5. The highest BCUT2D eigenvalue weighted by Gasteiger charge is 2.35. The summed E-state index contributed by atoms with van der Waals surface area (Å²) in [4.78, 5) is 12.9. The van der Waals surface area contributed by atoms with Gasteiger partial charge in [-0.1, -0.05) is 49.7 Å². The molecule has 3 rings (SSSR count). The van der Waals surface area contributed by atoms with Crippen molar-refractivity contribution in [1.29, 1.82) is 0 Å². The van der Waals surface area contributed by atoms with Crippen LogP contribution in [0.1, 0.15) is 49.3 Å². The number of rotatable bonds is 7. The quantitative estimate of drug-likeness (QED) is 0.704. The lowest BCUT2D eigenvalue weighted by atomic mass is 9.98. The molecule has 1 aliphatic heterocycles. The number of hydrogen-bond donors (Lipinski definition) is 1. The molecular formula is C24H32N2O4S. The van der Waals surface area contributed by atoms with Gasteiger partial charge in [0.2, 0.25) is 15.9 Å². The fraction of sp³-hybridized carbons (Fsp3) is 0.458. The summed E-state index contributed by atoms with van der Waals surface area (Å²) >= 11 is 0. The van der Waals surface area contributed by atoms with Gasteiger partial charge in [-0.2, -0.15) is 4.31 Å². The molecule has 168 valence electrons. The highest BCUT2D eigenvalue weighted by atomic mass is 32.2. The molecule has 0 radical (unpaired) electrons. The number of nitrogens with one attached hydrogen (secondary N) is 1. The molecule has 0 aromatic heterocycles. The molecule has 0 unspecified atom stereocenters. The molecule has 2 aromatic rings. The van der Waals surface area contributed by atoms with Gasteiger partial charge in [0.25, 0.3) is 0 Å². The Hall–Kier alpha value is -2.38. The summed E-state index contributed by atoms with van der Waals surface area (Å²) in [5.41, 5.74) is 3.12. The first-order valence-electron chi connectivity index (χ1n) is 10.7. The van der Waals surface area contributed by atoms with Crippen molar-refractivity contribution in [2.24, 2.45) is 5.92 Å². The van der Waals surface area contributed by atoms with Crippen molar-refractivity contribution < 1.29 is 17.9 Å².